The van der Waals surface area contributed by atoms with Gasteiger partial charge in [0, 0.05) is 18.6 Å². The SMILES string of the molecule is CCOC(=O)C(C)N1CCC(N)CC1C. The van der Waals surface area contributed by atoms with Crippen molar-refractivity contribution in [3.8, 4) is 0 Å². The summed E-state index contributed by atoms with van der Waals surface area (Å²) < 4.78 is 5.02. The second kappa shape index (κ2) is 5.47. The lowest BCUT2D eigenvalue weighted by atomic mass is 9.97. The number of piperidine rings is 1. The maximum Gasteiger partial charge on any atom is 0.323 e. The molecule has 0 saturated carbocycles. The van der Waals surface area contributed by atoms with Crippen LogP contribution in [0.3, 0.4) is 0 Å². The zero-order valence-corrected chi connectivity index (χ0v) is 9.90. The van der Waals surface area contributed by atoms with Crippen LogP contribution in [0.15, 0.2) is 0 Å². The van der Waals surface area contributed by atoms with E-state index in [-0.39, 0.29) is 18.1 Å². The zero-order chi connectivity index (χ0) is 11.4. The molecule has 0 aromatic carbocycles. The molecule has 3 atom stereocenters. The molecule has 0 aromatic rings. The largest absolute Gasteiger partial charge is 0.465 e. The minimum absolute atomic E-state index is 0.125. The molecule has 1 aliphatic rings. The molecule has 1 rings (SSSR count). The standard InChI is InChI=1S/C11H22N2O2/c1-4-15-11(14)9(3)13-6-5-10(12)7-8(13)2/h8-10H,4-7,12H2,1-3H3. The van der Waals surface area contributed by atoms with E-state index in [0.29, 0.717) is 12.6 Å². The Morgan fingerprint density at radius 1 is 1.67 bits per heavy atom. The molecule has 0 bridgehead atoms. The highest BCUT2D eigenvalue weighted by Crippen LogP contribution is 2.19. The highest BCUT2D eigenvalue weighted by Gasteiger charge is 2.30. The first kappa shape index (κ1) is 12.5. The number of carbonyl (C=O) groups is 1. The Morgan fingerprint density at radius 2 is 2.33 bits per heavy atom. The number of nitrogens with zero attached hydrogens (tertiary/aromatic N) is 1. The molecule has 0 amide bonds. The summed E-state index contributed by atoms with van der Waals surface area (Å²) in [6.07, 6.45) is 1.93. The molecule has 4 heteroatoms. The molecule has 1 heterocycles. The minimum Gasteiger partial charge on any atom is -0.465 e. The number of nitrogens with two attached hydrogens (primary N) is 1. The van der Waals surface area contributed by atoms with Gasteiger partial charge in [-0.25, -0.2) is 0 Å². The lowest BCUT2D eigenvalue weighted by Crippen LogP contribution is -2.52. The van der Waals surface area contributed by atoms with Crippen LogP contribution in [-0.2, 0) is 9.53 Å². The molecule has 3 unspecified atom stereocenters. The Kier molecular flexibility index (Phi) is 4.54. The summed E-state index contributed by atoms with van der Waals surface area (Å²) in [6.45, 7) is 7.20. The fourth-order valence-corrected chi connectivity index (χ4v) is 2.20. The quantitative estimate of drug-likeness (QED) is 0.704. The fraction of sp³-hybridized carbons (Fsp3) is 0.909. The Morgan fingerprint density at radius 3 is 2.87 bits per heavy atom. The van der Waals surface area contributed by atoms with Gasteiger partial charge in [-0.15, -0.1) is 0 Å². The van der Waals surface area contributed by atoms with E-state index in [9.17, 15) is 4.79 Å². The van der Waals surface area contributed by atoms with Gasteiger partial charge in [0.1, 0.15) is 6.04 Å². The van der Waals surface area contributed by atoms with Crippen LogP contribution in [0.4, 0.5) is 0 Å². The molecule has 4 nitrogen and oxygen atoms in total. The monoisotopic (exact) mass is 214 g/mol. The Hall–Kier alpha value is -0.610. The van der Waals surface area contributed by atoms with Crippen LogP contribution in [0, 0.1) is 0 Å². The van der Waals surface area contributed by atoms with Crippen LogP contribution in [0.25, 0.3) is 0 Å². The van der Waals surface area contributed by atoms with Gasteiger partial charge in [-0.3, -0.25) is 9.69 Å². The number of hydrogen-bond acceptors (Lipinski definition) is 4. The molecular formula is C11H22N2O2. The Balaban J connectivity index is 2.51. The molecule has 1 saturated heterocycles. The first-order valence-electron chi connectivity index (χ1n) is 5.74. The molecule has 0 aliphatic carbocycles. The van der Waals surface area contributed by atoms with Gasteiger partial charge in [-0.05, 0) is 33.6 Å². The van der Waals surface area contributed by atoms with E-state index in [1.165, 1.54) is 0 Å². The smallest absolute Gasteiger partial charge is 0.323 e. The highest BCUT2D eigenvalue weighted by molar-refractivity contribution is 5.75. The predicted molar refractivity (Wildman–Crippen MR) is 59.5 cm³/mol. The number of carbonyl (C=O) groups excluding carboxylic acids is 1. The van der Waals surface area contributed by atoms with Crippen molar-refractivity contribution in [3.63, 3.8) is 0 Å². The molecule has 0 radical (unpaired) electrons. The van der Waals surface area contributed by atoms with E-state index in [2.05, 4.69) is 11.8 Å². The van der Waals surface area contributed by atoms with E-state index in [0.717, 1.165) is 19.4 Å². The molecular weight excluding hydrogens is 192 g/mol. The number of rotatable bonds is 3. The third-order valence-electron chi connectivity index (χ3n) is 3.09. The Bertz CT molecular complexity index is 221. The maximum atomic E-state index is 11.6. The maximum absolute atomic E-state index is 11.6. The molecule has 2 N–H and O–H groups in total. The van der Waals surface area contributed by atoms with Crippen LogP contribution in [-0.4, -0.2) is 42.1 Å². The van der Waals surface area contributed by atoms with Gasteiger partial charge in [0.05, 0.1) is 6.61 Å². The summed E-state index contributed by atoms with van der Waals surface area (Å²) in [5, 5.41) is 0. The fourth-order valence-electron chi connectivity index (χ4n) is 2.20. The van der Waals surface area contributed by atoms with Crippen molar-refractivity contribution in [3.05, 3.63) is 0 Å². The third kappa shape index (κ3) is 3.18. The number of hydrogen-bond donors (Lipinski definition) is 1. The average molecular weight is 214 g/mol. The van der Waals surface area contributed by atoms with Crippen molar-refractivity contribution >= 4 is 5.97 Å². The first-order valence-corrected chi connectivity index (χ1v) is 5.74. The molecule has 15 heavy (non-hydrogen) atoms. The summed E-state index contributed by atoms with van der Waals surface area (Å²) in [6, 6.07) is 0.506. The predicted octanol–water partition coefficient (Wildman–Crippen LogP) is 0.750. The third-order valence-corrected chi connectivity index (χ3v) is 3.09. The molecule has 88 valence electrons. The molecule has 0 aromatic heterocycles. The van der Waals surface area contributed by atoms with E-state index in [1.54, 1.807) is 0 Å². The number of likely N-dealkylation sites (tertiary alicyclic amines) is 1. The van der Waals surface area contributed by atoms with E-state index in [4.69, 9.17) is 10.5 Å². The van der Waals surface area contributed by atoms with Crippen LogP contribution < -0.4 is 5.73 Å². The van der Waals surface area contributed by atoms with Crippen LogP contribution >= 0.6 is 0 Å². The Labute approximate surface area is 91.8 Å². The first-order chi connectivity index (χ1) is 7.06. The van der Waals surface area contributed by atoms with Crippen molar-refractivity contribution in [2.24, 2.45) is 5.73 Å². The van der Waals surface area contributed by atoms with Crippen molar-refractivity contribution in [1.82, 2.24) is 4.90 Å². The normalized spacial score (nSPS) is 29.9. The lowest BCUT2D eigenvalue weighted by molar-refractivity contribution is -0.150. The van der Waals surface area contributed by atoms with Crippen molar-refractivity contribution < 1.29 is 9.53 Å². The van der Waals surface area contributed by atoms with Gasteiger partial charge in [0.2, 0.25) is 0 Å². The van der Waals surface area contributed by atoms with Gasteiger partial charge in [-0.1, -0.05) is 0 Å². The molecule has 1 aliphatic heterocycles. The van der Waals surface area contributed by atoms with Crippen molar-refractivity contribution in [2.75, 3.05) is 13.2 Å². The van der Waals surface area contributed by atoms with Crippen LogP contribution in [0.2, 0.25) is 0 Å². The summed E-state index contributed by atoms with van der Waals surface area (Å²) in [7, 11) is 0. The summed E-state index contributed by atoms with van der Waals surface area (Å²) >= 11 is 0. The number of esters is 1. The second-order valence-electron chi connectivity index (χ2n) is 4.30. The zero-order valence-electron chi connectivity index (χ0n) is 9.90. The van der Waals surface area contributed by atoms with Gasteiger partial charge < -0.3 is 10.5 Å². The van der Waals surface area contributed by atoms with Gasteiger partial charge in [-0.2, -0.15) is 0 Å². The lowest BCUT2D eigenvalue weighted by Gasteiger charge is -2.39. The van der Waals surface area contributed by atoms with Crippen molar-refractivity contribution in [1.29, 1.82) is 0 Å². The summed E-state index contributed by atoms with van der Waals surface area (Å²) in [5.74, 6) is -0.125. The van der Waals surface area contributed by atoms with E-state index < -0.39 is 0 Å². The highest BCUT2D eigenvalue weighted by atomic mass is 16.5. The van der Waals surface area contributed by atoms with Gasteiger partial charge >= 0.3 is 5.97 Å². The van der Waals surface area contributed by atoms with Gasteiger partial charge in [0.15, 0.2) is 0 Å². The molecule has 1 fully saturated rings. The molecule has 0 spiro atoms. The minimum atomic E-state index is -0.146. The average Bonchev–Trinajstić information content (AvgIpc) is 2.17. The number of ether oxygens (including phenoxy) is 1. The van der Waals surface area contributed by atoms with Crippen LogP contribution in [0.1, 0.15) is 33.6 Å². The van der Waals surface area contributed by atoms with Crippen molar-refractivity contribution in [2.45, 2.75) is 51.7 Å². The van der Waals surface area contributed by atoms with E-state index >= 15 is 0 Å². The summed E-state index contributed by atoms with van der Waals surface area (Å²) in [5.41, 5.74) is 5.88. The van der Waals surface area contributed by atoms with Gasteiger partial charge in [0.25, 0.3) is 0 Å². The summed E-state index contributed by atoms with van der Waals surface area (Å²) in [4.78, 5) is 13.8. The topological polar surface area (TPSA) is 55.6 Å². The second-order valence-corrected chi connectivity index (χ2v) is 4.30. The van der Waals surface area contributed by atoms with E-state index in [1.807, 2.05) is 13.8 Å². The van der Waals surface area contributed by atoms with Crippen LogP contribution in [0.5, 0.6) is 0 Å².